The van der Waals surface area contributed by atoms with Crippen LogP contribution in [0, 0.1) is 0 Å². The van der Waals surface area contributed by atoms with Crippen molar-refractivity contribution in [1.82, 2.24) is 15.1 Å². The lowest BCUT2D eigenvalue weighted by Crippen LogP contribution is -1.97. The van der Waals surface area contributed by atoms with Gasteiger partial charge in [-0.3, -0.25) is 4.98 Å². The summed E-state index contributed by atoms with van der Waals surface area (Å²) in [4.78, 5) is 8.56. The van der Waals surface area contributed by atoms with E-state index in [1.54, 1.807) is 6.20 Å². The SMILES string of the molecule is C[C@H](c1ccccc1)c1nc(Cc2cccnc2)no1. The van der Waals surface area contributed by atoms with Gasteiger partial charge in [-0.2, -0.15) is 4.98 Å². The first-order valence-corrected chi connectivity index (χ1v) is 6.59. The molecule has 4 nitrogen and oxygen atoms in total. The van der Waals surface area contributed by atoms with E-state index in [9.17, 15) is 0 Å². The fourth-order valence-electron chi connectivity index (χ4n) is 2.08. The zero-order chi connectivity index (χ0) is 13.8. The molecular formula is C16H15N3O. The van der Waals surface area contributed by atoms with Crippen LogP contribution in [-0.2, 0) is 6.42 Å². The number of rotatable bonds is 4. The number of hydrogen-bond donors (Lipinski definition) is 0. The van der Waals surface area contributed by atoms with Crippen LogP contribution in [0.2, 0.25) is 0 Å². The molecule has 0 aliphatic heterocycles. The van der Waals surface area contributed by atoms with E-state index in [0.29, 0.717) is 18.1 Å². The van der Waals surface area contributed by atoms with Gasteiger partial charge in [0, 0.05) is 18.8 Å². The molecule has 0 bridgehead atoms. The Hall–Kier alpha value is -2.49. The topological polar surface area (TPSA) is 51.8 Å². The molecule has 3 rings (SSSR count). The third-order valence-electron chi connectivity index (χ3n) is 3.24. The van der Waals surface area contributed by atoms with E-state index >= 15 is 0 Å². The van der Waals surface area contributed by atoms with Crippen LogP contribution < -0.4 is 0 Å². The molecule has 1 aromatic carbocycles. The largest absolute Gasteiger partial charge is 0.339 e. The van der Waals surface area contributed by atoms with Crippen LogP contribution in [0.4, 0.5) is 0 Å². The maximum atomic E-state index is 5.37. The number of pyridine rings is 1. The standard InChI is InChI=1S/C16H15N3O/c1-12(14-7-3-2-4-8-14)16-18-15(19-20-16)10-13-6-5-9-17-11-13/h2-9,11-12H,10H2,1H3/t12-/m1/s1. The molecule has 0 saturated heterocycles. The Morgan fingerprint density at radius 2 is 1.95 bits per heavy atom. The number of aromatic nitrogens is 3. The normalized spacial score (nSPS) is 12.2. The van der Waals surface area contributed by atoms with Crippen LogP contribution in [0.5, 0.6) is 0 Å². The highest BCUT2D eigenvalue weighted by Gasteiger charge is 2.16. The van der Waals surface area contributed by atoms with Crippen molar-refractivity contribution < 1.29 is 4.52 Å². The van der Waals surface area contributed by atoms with Crippen LogP contribution >= 0.6 is 0 Å². The summed E-state index contributed by atoms with van der Waals surface area (Å²) >= 11 is 0. The molecule has 2 heterocycles. The predicted octanol–water partition coefficient (Wildman–Crippen LogP) is 3.21. The Morgan fingerprint density at radius 1 is 1.10 bits per heavy atom. The highest BCUT2D eigenvalue weighted by molar-refractivity contribution is 5.23. The van der Waals surface area contributed by atoms with Gasteiger partial charge >= 0.3 is 0 Å². The second-order valence-corrected chi connectivity index (χ2v) is 4.72. The lowest BCUT2D eigenvalue weighted by atomic mass is 10.0. The minimum atomic E-state index is 0.103. The maximum absolute atomic E-state index is 5.37. The van der Waals surface area contributed by atoms with Crippen molar-refractivity contribution in [3.8, 4) is 0 Å². The smallest absolute Gasteiger partial charge is 0.233 e. The van der Waals surface area contributed by atoms with Crippen LogP contribution in [0.15, 0.2) is 59.4 Å². The van der Waals surface area contributed by atoms with E-state index in [-0.39, 0.29) is 5.92 Å². The Bertz CT molecular complexity index is 664. The van der Waals surface area contributed by atoms with Gasteiger partial charge in [-0.1, -0.05) is 41.6 Å². The van der Waals surface area contributed by atoms with E-state index in [1.807, 2.05) is 36.5 Å². The molecule has 0 aliphatic rings. The molecule has 0 aliphatic carbocycles. The average Bonchev–Trinajstić information content (AvgIpc) is 2.97. The van der Waals surface area contributed by atoms with Crippen LogP contribution in [0.25, 0.3) is 0 Å². The maximum Gasteiger partial charge on any atom is 0.233 e. The fraction of sp³-hybridized carbons (Fsp3) is 0.188. The summed E-state index contributed by atoms with van der Waals surface area (Å²) in [6.45, 7) is 2.07. The zero-order valence-corrected chi connectivity index (χ0v) is 11.2. The molecule has 2 aromatic heterocycles. The molecule has 0 unspecified atom stereocenters. The minimum absolute atomic E-state index is 0.103. The number of benzene rings is 1. The van der Waals surface area contributed by atoms with Crippen molar-refractivity contribution in [3.63, 3.8) is 0 Å². The Morgan fingerprint density at radius 3 is 2.70 bits per heavy atom. The Kier molecular flexibility index (Phi) is 3.54. The van der Waals surface area contributed by atoms with Gasteiger partial charge in [0.2, 0.25) is 5.89 Å². The van der Waals surface area contributed by atoms with Gasteiger partial charge in [0.05, 0.1) is 5.92 Å². The molecule has 4 heteroatoms. The van der Waals surface area contributed by atoms with Gasteiger partial charge in [-0.15, -0.1) is 0 Å². The molecule has 0 spiro atoms. The van der Waals surface area contributed by atoms with Crippen molar-refractivity contribution in [3.05, 3.63) is 77.7 Å². The molecule has 0 N–H and O–H groups in total. The molecule has 3 aromatic rings. The first kappa shape index (κ1) is 12.5. The first-order valence-electron chi connectivity index (χ1n) is 6.59. The molecule has 0 fully saturated rings. The molecule has 100 valence electrons. The van der Waals surface area contributed by atoms with Gasteiger partial charge in [-0.05, 0) is 24.1 Å². The van der Waals surface area contributed by atoms with Gasteiger partial charge in [-0.25, -0.2) is 0 Å². The summed E-state index contributed by atoms with van der Waals surface area (Å²) in [7, 11) is 0. The van der Waals surface area contributed by atoms with E-state index in [2.05, 4.69) is 34.2 Å². The van der Waals surface area contributed by atoms with Gasteiger partial charge in [0.15, 0.2) is 5.82 Å². The van der Waals surface area contributed by atoms with Crippen molar-refractivity contribution in [2.45, 2.75) is 19.3 Å². The number of hydrogen-bond acceptors (Lipinski definition) is 4. The Labute approximate surface area is 117 Å². The van der Waals surface area contributed by atoms with E-state index in [0.717, 1.165) is 5.56 Å². The second kappa shape index (κ2) is 5.65. The van der Waals surface area contributed by atoms with Crippen LogP contribution in [0.3, 0.4) is 0 Å². The summed E-state index contributed by atoms with van der Waals surface area (Å²) in [5.41, 5.74) is 2.25. The van der Waals surface area contributed by atoms with Crippen molar-refractivity contribution >= 4 is 0 Å². The fourth-order valence-corrected chi connectivity index (χ4v) is 2.08. The third-order valence-corrected chi connectivity index (χ3v) is 3.24. The zero-order valence-electron chi connectivity index (χ0n) is 11.2. The second-order valence-electron chi connectivity index (χ2n) is 4.72. The number of nitrogens with zero attached hydrogens (tertiary/aromatic N) is 3. The third kappa shape index (κ3) is 2.74. The van der Waals surface area contributed by atoms with Gasteiger partial charge < -0.3 is 4.52 Å². The highest BCUT2D eigenvalue weighted by Crippen LogP contribution is 2.22. The minimum Gasteiger partial charge on any atom is -0.339 e. The monoisotopic (exact) mass is 265 g/mol. The first-order chi connectivity index (χ1) is 9.83. The summed E-state index contributed by atoms with van der Waals surface area (Å²) in [5.74, 6) is 1.44. The summed E-state index contributed by atoms with van der Waals surface area (Å²) in [5, 5.41) is 4.04. The molecule has 1 atom stereocenters. The van der Waals surface area contributed by atoms with Crippen molar-refractivity contribution in [2.24, 2.45) is 0 Å². The molecular weight excluding hydrogens is 250 g/mol. The van der Waals surface area contributed by atoms with E-state index in [4.69, 9.17) is 4.52 Å². The van der Waals surface area contributed by atoms with Crippen LogP contribution in [0.1, 0.15) is 35.7 Å². The van der Waals surface area contributed by atoms with Gasteiger partial charge in [0.1, 0.15) is 0 Å². The van der Waals surface area contributed by atoms with Gasteiger partial charge in [0.25, 0.3) is 0 Å². The quantitative estimate of drug-likeness (QED) is 0.727. The lowest BCUT2D eigenvalue weighted by Gasteiger charge is -2.05. The lowest BCUT2D eigenvalue weighted by molar-refractivity contribution is 0.366. The summed E-state index contributed by atoms with van der Waals surface area (Å²) in [6, 6.07) is 14.1. The average molecular weight is 265 g/mol. The van der Waals surface area contributed by atoms with E-state index in [1.165, 1.54) is 5.56 Å². The Balaban J connectivity index is 1.77. The van der Waals surface area contributed by atoms with E-state index < -0.39 is 0 Å². The highest BCUT2D eigenvalue weighted by atomic mass is 16.5. The molecule has 20 heavy (non-hydrogen) atoms. The molecule has 0 saturated carbocycles. The van der Waals surface area contributed by atoms with Crippen LogP contribution in [-0.4, -0.2) is 15.1 Å². The molecule has 0 amide bonds. The predicted molar refractivity (Wildman–Crippen MR) is 75.3 cm³/mol. The van der Waals surface area contributed by atoms with Crippen molar-refractivity contribution in [1.29, 1.82) is 0 Å². The summed E-state index contributed by atoms with van der Waals surface area (Å²) < 4.78 is 5.37. The summed E-state index contributed by atoms with van der Waals surface area (Å²) in [6.07, 6.45) is 4.21. The van der Waals surface area contributed by atoms with Crippen molar-refractivity contribution in [2.75, 3.05) is 0 Å². The molecule has 0 radical (unpaired) electrons.